The van der Waals surface area contributed by atoms with E-state index in [0.29, 0.717) is 13.0 Å². The molecule has 0 radical (unpaired) electrons. The molecule has 0 aromatic heterocycles. The predicted molar refractivity (Wildman–Crippen MR) is 67.4 cm³/mol. The largest absolute Gasteiger partial charge is 0.376 e. The summed E-state index contributed by atoms with van der Waals surface area (Å²) in [7, 11) is 0. The van der Waals surface area contributed by atoms with Gasteiger partial charge in [-0.15, -0.1) is 0 Å². The molecule has 0 bridgehead atoms. The lowest BCUT2D eigenvalue weighted by Crippen LogP contribution is -2.19. The quantitative estimate of drug-likeness (QED) is 0.514. The zero-order valence-corrected chi connectivity index (χ0v) is 9.10. The van der Waals surface area contributed by atoms with Gasteiger partial charge < -0.3 is 16.8 Å². The molecular weight excluding hydrogens is 206 g/mol. The number of thiocarbonyl (C=S) groups is 1. The number of rotatable bonds is 2. The van der Waals surface area contributed by atoms with Crippen LogP contribution < -0.4 is 16.8 Å². The molecule has 0 fully saturated rings. The number of hydrogen-bond acceptors (Lipinski definition) is 2. The third-order valence-electron chi connectivity index (χ3n) is 1.68. The second kappa shape index (κ2) is 6.02. The molecule has 78 valence electrons. The van der Waals surface area contributed by atoms with Crippen LogP contribution in [0.3, 0.4) is 0 Å². The van der Waals surface area contributed by atoms with Crippen molar-refractivity contribution >= 4 is 23.0 Å². The van der Waals surface area contributed by atoms with Gasteiger partial charge in [0.15, 0.2) is 5.11 Å². The Balaban J connectivity index is 2.87. The highest BCUT2D eigenvalue weighted by molar-refractivity contribution is 7.80. The lowest BCUT2D eigenvalue weighted by molar-refractivity contribution is 1.03. The van der Waals surface area contributed by atoms with Crippen molar-refractivity contribution in [2.45, 2.75) is 6.42 Å². The van der Waals surface area contributed by atoms with Crippen molar-refractivity contribution in [3.63, 3.8) is 0 Å². The second-order valence-corrected chi connectivity index (χ2v) is 3.32. The minimum atomic E-state index is 0.239. The Bertz CT molecular complexity index is 404. The SMILES string of the molecule is NCCC#Cc1ccccc1NC(N)=S. The van der Waals surface area contributed by atoms with Gasteiger partial charge in [-0.1, -0.05) is 24.0 Å². The Labute approximate surface area is 94.8 Å². The molecule has 0 heterocycles. The van der Waals surface area contributed by atoms with Crippen molar-refractivity contribution in [3.05, 3.63) is 29.8 Å². The summed E-state index contributed by atoms with van der Waals surface area (Å²) < 4.78 is 0. The lowest BCUT2D eigenvalue weighted by Gasteiger charge is -2.05. The summed E-state index contributed by atoms with van der Waals surface area (Å²) in [6.45, 7) is 0.567. The van der Waals surface area contributed by atoms with E-state index in [2.05, 4.69) is 17.2 Å². The van der Waals surface area contributed by atoms with Gasteiger partial charge in [-0.2, -0.15) is 0 Å². The van der Waals surface area contributed by atoms with Crippen LogP contribution in [0.5, 0.6) is 0 Å². The maximum atomic E-state index is 5.40. The highest BCUT2D eigenvalue weighted by atomic mass is 32.1. The maximum Gasteiger partial charge on any atom is 0.168 e. The Hall–Kier alpha value is -1.57. The zero-order chi connectivity index (χ0) is 11.1. The van der Waals surface area contributed by atoms with E-state index in [0.717, 1.165) is 11.3 Å². The summed E-state index contributed by atoms with van der Waals surface area (Å²) in [5, 5.41) is 3.11. The third-order valence-corrected chi connectivity index (χ3v) is 1.78. The molecule has 0 aliphatic rings. The lowest BCUT2D eigenvalue weighted by atomic mass is 10.2. The summed E-state index contributed by atoms with van der Waals surface area (Å²) in [5.41, 5.74) is 12.5. The fourth-order valence-electron chi connectivity index (χ4n) is 1.06. The first-order valence-electron chi connectivity index (χ1n) is 4.58. The summed E-state index contributed by atoms with van der Waals surface area (Å²) >= 11 is 4.77. The number of hydrogen-bond donors (Lipinski definition) is 3. The summed E-state index contributed by atoms with van der Waals surface area (Å²) in [6.07, 6.45) is 0.682. The third kappa shape index (κ3) is 3.98. The first-order valence-corrected chi connectivity index (χ1v) is 4.99. The van der Waals surface area contributed by atoms with E-state index in [-0.39, 0.29) is 5.11 Å². The number of para-hydroxylation sites is 1. The molecule has 0 unspecified atom stereocenters. The number of nitrogens with one attached hydrogen (secondary N) is 1. The van der Waals surface area contributed by atoms with E-state index in [4.69, 9.17) is 23.7 Å². The van der Waals surface area contributed by atoms with Gasteiger partial charge in [0.25, 0.3) is 0 Å². The van der Waals surface area contributed by atoms with E-state index in [1.165, 1.54) is 0 Å². The highest BCUT2D eigenvalue weighted by Crippen LogP contribution is 2.12. The van der Waals surface area contributed by atoms with Crippen LogP contribution in [0.2, 0.25) is 0 Å². The van der Waals surface area contributed by atoms with E-state index in [1.807, 2.05) is 24.3 Å². The van der Waals surface area contributed by atoms with Crippen LogP contribution in [0.25, 0.3) is 0 Å². The molecule has 0 aliphatic heterocycles. The Kier molecular flexibility index (Phi) is 4.61. The van der Waals surface area contributed by atoms with Crippen molar-refractivity contribution in [1.82, 2.24) is 0 Å². The van der Waals surface area contributed by atoms with Gasteiger partial charge in [0.2, 0.25) is 0 Å². The molecule has 1 aromatic carbocycles. The number of anilines is 1. The van der Waals surface area contributed by atoms with Crippen LogP contribution in [-0.2, 0) is 0 Å². The first kappa shape index (κ1) is 11.5. The summed E-state index contributed by atoms with van der Waals surface area (Å²) in [4.78, 5) is 0. The van der Waals surface area contributed by atoms with Gasteiger partial charge in [-0.25, -0.2) is 0 Å². The Morgan fingerprint density at radius 2 is 2.13 bits per heavy atom. The zero-order valence-electron chi connectivity index (χ0n) is 8.29. The molecule has 0 spiro atoms. The van der Waals surface area contributed by atoms with Crippen molar-refractivity contribution in [2.24, 2.45) is 11.5 Å². The summed E-state index contributed by atoms with van der Waals surface area (Å²) in [6, 6.07) is 7.60. The minimum Gasteiger partial charge on any atom is -0.376 e. The molecule has 3 nitrogen and oxygen atoms in total. The molecule has 0 atom stereocenters. The van der Waals surface area contributed by atoms with Gasteiger partial charge in [0.05, 0.1) is 5.69 Å². The van der Waals surface area contributed by atoms with Crippen molar-refractivity contribution in [3.8, 4) is 11.8 Å². The Morgan fingerprint density at radius 1 is 1.40 bits per heavy atom. The molecule has 1 aromatic rings. The molecule has 0 saturated carbocycles. The predicted octanol–water partition coefficient (Wildman–Crippen LogP) is 1.04. The van der Waals surface area contributed by atoms with Crippen molar-refractivity contribution in [2.75, 3.05) is 11.9 Å². The van der Waals surface area contributed by atoms with Crippen LogP contribution >= 0.6 is 12.2 Å². The Morgan fingerprint density at radius 3 is 2.80 bits per heavy atom. The fraction of sp³-hybridized carbons (Fsp3) is 0.182. The van der Waals surface area contributed by atoms with E-state index in [9.17, 15) is 0 Å². The highest BCUT2D eigenvalue weighted by Gasteiger charge is 1.97. The monoisotopic (exact) mass is 219 g/mol. The molecule has 0 saturated heterocycles. The van der Waals surface area contributed by atoms with Crippen molar-refractivity contribution in [1.29, 1.82) is 0 Å². The molecule has 0 amide bonds. The second-order valence-electron chi connectivity index (χ2n) is 2.88. The van der Waals surface area contributed by atoms with Gasteiger partial charge in [-0.3, -0.25) is 0 Å². The first-order chi connectivity index (χ1) is 7.24. The number of benzene rings is 1. The molecule has 1 rings (SSSR count). The smallest absolute Gasteiger partial charge is 0.168 e. The van der Waals surface area contributed by atoms with Crippen molar-refractivity contribution < 1.29 is 0 Å². The average molecular weight is 219 g/mol. The molecule has 15 heavy (non-hydrogen) atoms. The fourth-order valence-corrected chi connectivity index (χ4v) is 1.17. The van der Waals surface area contributed by atoms with Crippen LogP contribution in [0.1, 0.15) is 12.0 Å². The van der Waals surface area contributed by atoms with Gasteiger partial charge in [0, 0.05) is 18.5 Å². The van der Waals surface area contributed by atoms with Crippen LogP contribution in [0.15, 0.2) is 24.3 Å². The van der Waals surface area contributed by atoms with E-state index >= 15 is 0 Å². The van der Waals surface area contributed by atoms with Crippen LogP contribution in [-0.4, -0.2) is 11.7 Å². The van der Waals surface area contributed by atoms with Gasteiger partial charge in [-0.05, 0) is 24.4 Å². The van der Waals surface area contributed by atoms with Gasteiger partial charge >= 0.3 is 0 Å². The molecular formula is C11H13N3S. The van der Waals surface area contributed by atoms with Crippen LogP contribution in [0, 0.1) is 11.8 Å². The topological polar surface area (TPSA) is 64.1 Å². The van der Waals surface area contributed by atoms with E-state index < -0.39 is 0 Å². The minimum absolute atomic E-state index is 0.239. The number of nitrogens with two attached hydrogens (primary N) is 2. The van der Waals surface area contributed by atoms with Crippen LogP contribution in [0.4, 0.5) is 5.69 Å². The molecule has 4 heteroatoms. The molecule has 0 aliphatic carbocycles. The van der Waals surface area contributed by atoms with Gasteiger partial charge in [0.1, 0.15) is 0 Å². The average Bonchev–Trinajstić information content (AvgIpc) is 2.20. The normalized spacial score (nSPS) is 8.87. The standard InChI is InChI=1S/C11H13N3S/c12-8-4-3-6-9-5-1-2-7-10(9)14-11(13)15/h1-2,5,7H,4,8,12H2,(H3,13,14,15). The molecule has 5 N–H and O–H groups in total. The maximum absolute atomic E-state index is 5.40. The van der Waals surface area contributed by atoms with E-state index in [1.54, 1.807) is 0 Å². The summed E-state index contributed by atoms with van der Waals surface area (Å²) in [5.74, 6) is 5.98.